The van der Waals surface area contributed by atoms with Crippen LogP contribution in [0, 0.1) is 5.41 Å². The molecule has 0 radical (unpaired) electrons. The first-order valence-electron chi connectivity index (χ1n) is 2.30. The second kappa shape index (κ2) is 4.92. The minimum absolute atomic E-state index is 0.0255. The van der Waals surface area contributed by atoms with Crippen LogP contribution >= 0.6 is 0 Å². The van der Waals surface area contributed by atoms with Crippen LogP contribution in [0.3, 0.4) is 0 Å². The van der Waals surface area contributed by atoms with E-state index in [1.54, 1.807) is 6.92 Å². The van der Waals surface area contributed by atoms with Crippen LogP contribution in [0.2, 0.25) is 0 Å². The number of carbonyl (C=O) groups excluding carboxylic acids is 1. The van der Waals surface area contributed by atoms with E-state index in [2.05, 4.69) is 3.50 Å². The maximum absolute atomic E-state index is 10.3. The summed E-state index contributed by atoms with van der Waals surface area (Å²) in [6.07, 6.45) is 0.608. The molecule has 0 rings (SSSR count). The number of nitrogens with zero attached hydrogens (tertiary/aromatic N) is 2. The molecule has 0 atom stereocenters. The number of guanidine groups is 1. The Morgan fingerprint density at radius 3 is 2.40 bits per heavy atom. The molecule has 0 saturated heterocycles. The van der Waals surface area contributed by atoms with E-state index >= 15 is 0 Å². The Morgan fingerprint density at radius 1 is 1.80 bits per heavy atom. The van der Waals surface area contributed by atoms with Crippen molar-refractivity contribution in [3.8, 4) is 0 Å². The Kier molecular flexibility index (Phi) is 5.01. The summed E-state index contributed by atoms with van der Waals surface area (Å²) < 4.78 is 4.47. The third-order valence-electron chi connectivity index (χ3n) is 0.759. The molecule has 0 aliphatic heterocycles. The van der Waals surface area contributed by atoms with Gasteiger partial charge in [0.05, 0.1) is 0 Å². The van der Waals surface area contributed by atoms with Crippen molar-refractivity contribution in [1.82, 2.24) is 4.90 Å². The van der Waals surface area contributed by atoms with E-state index in [1.807, 2.05) is 0 Å². The van der Waals surface area contributed by atoms with Gasteiger partial charge < -0.3 is 0 Å². The summed E-state index contributed by atoms with van der Waals surface area (Å²) in [6.45, 7) is 1.79. The number of amides is 1. The topological polar surface area (TPSA) is 56.5 Å². The summed E-state index contributed by atoms with van der Waals surface area (Å²) in [5.74, 6) is 0.0255. The van der Waals surface area contributed by atoms with Crippen LogP contribution in [0.15, 0.2) is 3.50 Å². The van der Waals surface area contributed by atoms with Crippen molar-refractivity contribution in [3.05, 3.63) is 0 Å². The fourth-order valence-corrected chi connectivity index (χ4v) is 1.10. The molecule has 0 aromatic carbocycles. The first kappa shape index (κ1) is 10.2. The third kappa shape index (κ3) is 2.85. The third-order valence-corrected chi connectivity index (χ3v) is 2.09. The fraction of sp³-hybridized carbons (Fsp3) is 0.250. The van der Waals surface area contributed by atoms with Crippen molar-refractivity contribution in [2.45, 2.75) is 6.92 Å². The monoisotopic (exact) mass is 479 g/mol. The van der Waals surface area contributed by atoms with Gasteiger partial charge in [-0.15, -0.1) is 0 Å². The van der Waals surface area contributed by atoms with E-state index in [0.717, 1.165) is 23.7 Å². The molecule has 0 unspecified atom stereocenters. The van der Waals surface area contributed by atoms with Crippen molar-refractivity contribution in [1.29, 1.82) is 5.41 Å². The van der Waals surface area contributed by atoms with Gasteiger partial charge in [0, 0.05) is 0 Å². The molecular weight excluding hydrogens is 474 g/mol. The molecule has 0 fully saturated rings. The second-order valence-corrected chi connectivity index (χ2v) is 4.19. The van der Waals surface area contributed by atoms with Gasteiger partial charge >= 0.3 is 80.9 Å². The average Bonchev–Trinajstić information content (AvgIpc) is 1.88. The van der Waals surface area contributed by atoms with Gasteiger partial charge in [-0.25, -0.2) is 0 Å². The molecule has 6 heteroatoms. The van der Waals surface area contributed by atoms with E-state index in [9.17, 15) is 4.79 Å². The molecule has 0 aromatic rings. The van der Waals surface area contributed by atoms with Gasteiger partial charge in [-0.3, -0.25) is 0 Å². The Bertz CT molecular complexity index is 191. The first-order chi connectivity index (χ1) is 4.63. The zero-order chi connectivity index (χ0) is 8.15. The fourth-order valence-electron chi connectivity index (χ4n) is 0.317. The summed E-state index contributed by atoms with van der Waals surface area (Å²) in [6, 6.07) is 0. The molecule has 0 aliphatic rings. The van der Waals surface area contributed by atoms with Crippen molar-refractivity contribution < 1.29 is 43.8 Å². The van der Waals surface area contributed by atoms with E-state index in [0.29, 0.717) is 6.41 Å². The van der Waals surface area contributed by atoms with Crippen LogP contribution < -0.4 is 0 Å². The quantitative estimate of drug-likeness (QED) is 0.334. The van der Waals surface area contributed by atoms with Gasteiger partial charge in [0.25, 0.3) is 0 Å². The van der Waals surface area contributed by atoms with Crippen LogP contribution in [0.25, 0.3) is 0 Å². The molecule has 0 heterocycles. The van der Waals surface area contributed by atoms with Crippen LogP contribution in [-0.4, -0.2) is 21.3 Å². The Morgan fingerprint density at radius 2 is 2.30 bits per heavy atom. The predicted octanol–water partition coefficient (Wildman–Crippen LogP) is -0.193. The summed E-state index contributed by atoms with van der Waals surface area (Å²) >= 11 is 2.11. The van der Waals surface area contributed by atoms with Crippen molar-refractivity contribution in [2.24, 2.45) is 3.50 Å². The number of carbonyl (C=O) groups is 1. The Balaban J connectivity index is 4.34. The Labute approximate surface area is 80.6 Å². The maximum atomic E-state index is 10.3. The summed E-state index contributed by atoms with van der Waals surface area (Å²) in [5.41, 5.74) is 0. The van der Waals surface area contributed by atoms with Crippen molar-refractivity contribution in [2.75, 3.05) is 0 Å². The van der Waals surface area contributed by atoms with Gasteiger partial charge in [-0.1, -0.05) is 0 Å². The van der Waals surface area contributed by atoms with Crippen LogP contribution in [-0.2, 0) is 43.8 Å². The van der Waals surface area contributed by atoms with Gasteiger partial charge in [-0.2, -0.15) is 0 Å². The molecule has 10 heavy (non-hydrogen) atoms. The molecule has 0 bridgehead atoms. The zero-order valence-electron chi connectivity index (χ0n) is 5.20. The molecule has 0 aliphatic carbocycles. The van der Waals surface area contributed by atoms with Crippen molar-refractivity contribution >= 4 is 16.4 Å². The molecule has 54 valence electrons. The minimum atomic E-state index is 0.0255. The van der Waals surface area contributed by atoms with Gasteiger partial charge in [0.1, 0.15) is 0 Å². The molecule has 0 spiro atoms. The second-order valence-electron chi connectivity index (χ2n) is 1.41. The number of nitrogens with one attached hydrogen (secondary N) is 1. The molecule has 1 amide bonds. The van der Waals surface area contributed by atoms with Gasteiger partial charge in [-0.05, 0) is 0 Å². The van der Waals surface area contributed by atoms with Gasteiger partial charge in [0.15, 0.2) is 0 Å². The number of hydrogen-bond donors (Lipinski definition) is 1. The van der Waals surface area contributed by atoms with E-state index < -0.39 is 0 Å². The van der Waals surface area contributed by atoms with E-state index in [1.165, 1.54) is 24.3 Å². The summed E-state index contributed by atoms with van der Waals surface area (Å²) in [5, 5.41) is 7.17. The Hall–Kier alpha value is 0.187. The number of hydrogen-bond acceptors (Lipinski definition) is 2. The molecule has 0 saturated carbocycles. The SMILES string of the molecule is C[C](=[W])N(C=O)C(=N)[N]=[W]. The van der Waals surface area contributed by atoms with E-state index in [-0.39, 0.29) is 5.96 Å². The van der Waals surface area contributed by atoms with Crippen molar-refractivity contribution in [3.63, 3.8) is 0 Å². The number of rotatable bonds is 2. The summed E-state index contributed by atoms with van der Waals surface area (Å²) in [7, 11) is 0. The molecule has 1 N–H and O–H groups in total. The van der Waals surface area contributed by atoms with Gasteiger partial charge in [0.2, 0.25) is 0 Å². The molecule has 4 nitrogen and oxygen atoms in total. The van der Waals surface area contributed by atoms with E-state index in [4.69, 9.17) is 5.41 Å². The van der Waals surface area contributed by atoms with Crippen LogP contribution in [0.1, 0.15) is 6.92 Å². The normalized spacial score (nSPS) is 8.10. The first-order valence-corrected chi connectivity index (χ1v) is 5.08. The standard InChI is InChI=1S/C4H5N3O.2W/c1-2-7(3-8)4(5)6;;/h3,5H,1H3;;. The molecule has 0 aromatic heterocycles. The molecular formula is C4H5N3OW2. The van der Waals surface area contributed by atoms with Crippen LogP contribution in [0.5, 0.6) is 0 Å². The summed E-state index contributed by atoms with van der Waals surface area (Å²) in [4.78, 5) is 11.5. The van der Waals surface area contributed by atoms with Crippen LogP contribution in [0.4, 0.5) is 0 Å². The zero-order valence-corrected chi connectivity index (χ0v) is 11.1. The average molecular weight is 479 g/mol. The predicted molar refractivity (Wildman–Crippen MR) is 28.7 cm³/mol.